The highest BCUT2D eigenvalue weighted by Crippen LogP contribution is 2.15. The van der Waals surface area contributed by atoms with Gasteiger partial charge in [0.15, 0.2) is 0 Å². The maximum atomic E-state index is 12.4. The van der Waals surface area contributed by atoms with Gasteiger partial charge in [0.1, 0.15) is 0 Å². The lowest BCUT2D eigenvalue weighted by molar-refractivity contribution is -0.124. The molecule has 144 valence electrons. The van der Waals surface area contributed by atoms with E-state index >= 15 is 0 Å². The number of anilines is 1. The summed E-state index contributed by atoms with van der Waals surface area (Å²) in [5, 5.41) is 5.77. The van der Waals surface area contributed by atoms with Crippen LogP contribution in [-0.2, 0) is 14.3 Å². The molecule has 0 bridgehead atoms. The fraction of sp³-hybridized carbons (Fsp3) is 0.556. The Morgan fingerprint density at radius 2 is 1.85 bits per heavy atom. The minimum Gasteiger partial charge on any atom is -0.383 e. The molecular weight excluding hydrogens is 400 g/mol. The van der Waals surface area contributed by atoms with Crippen molar-refractivity contribution in [1.82, 2.24) is 15.1 Å². The average molecular weight is 427 g/mol. The highest BCUT2D eigenvalue weighted by molar-refractivity contribution is 9.10. The van der Waals surface area contributed by atoms with Crippen LogP contribution >= 0.6 is 15.9 Å². The van der Waals surface area contributed by atoms with Crippen molar-refractivity contribution in [1.29, 1.82) is 0 Å². The quantitative estimate of drug-likeness (QED) is 0.610. The van der Waals surface area contributed by atoms with Gasteiger partial charge in [-0.15, -0.1) is 0 Å². The number of rotatable bonds is 8. The van der Waals surface area contributed by atoms with E-state index in [0.29, 0.717) is 19.7 Å². The molecule has 0 radical (unpaired) electrons. The third-order valence-corrected chi connectivity index (χ3v) is 4.97. The highest BCUT2D eigenvalue weighted by atomic mass is 79.9. The molecule has 1 unspecified atom stereocenters. The number of carbonyl (C=O) groups is 2. The summed E-state index contributed by atoms with van der Waals surface area (Å²) in [6.45, 7) is 6.42. The van der Waals surface area contributed by atoms with E-state index in [-0.39, 0.29) is 17.9 Å². The normalized spacial score (nSPS) is 16.9. The zero-order chi connectivity index (χ0) is 18.9. The Morgan fingerprint density at radius 3 is 2.46 bits per heavy atom. The molecule has 0 spiro atoms. The van der Waals surface area contributed by atoms with Crippen LogP contribution in [0.4, 0.5) is 5.69 Å². The molecule has 2 N–H and O–H groups in total. The summed E-state index contributed by atoms with van der Waals surface area (Å²) in [7, 11) is 1.61. The van der Waals surface area contributed by atoms with E-state index in [1.807, 2.05) is 31.2 Å². The molecule has 26 heavy (non-hydrogen) atoms. The molecule has 2 rings (SSSR count). The minimum atomic E-state index is -0.212. The Morgan fingerprint density at radius 1 is 1.19 bits per heavy atom. The molecule has 0 aromatic heterocycles. The van der Waals surface area contributed by atoms with Crippen molar-refractivity contribution >= 4 is 33.4 Å². The lowest BCUT2D eigenvalue weighted by Crippen LogP contribution is -2.54. The summed E-state index contributed by atoms with van der Waals surface area (Å²) in [6.07, 6.45) is 0. The van der Waals surface area contributed by atoms with Gasteiger partial charge in [-0.2, -0.15) is 0 Å². The van der Waals surface area contributed by atoms with Crippen molar-refractivity contribution in [2.45, 2.75) is 13.0 Å². The lowest BCUT2D eigenvalue weighted by Gasteiger charge is -2.37. The number of carbonyl (C=O) groups excluding carboxylic acids is 2. The zero-order valence-corrected chi connectivity index (χ0v) is 16.9. The number of benzene rings is 1. The van der Waals surface area contributed by atoms with Gasteiger partial charge in [0.05, 0.1) is 19.2 Å². The van der Waals surface area contributed by atoms with Crippen LogP contribution < -0.4 is 10.6 Å². The number of hydrogen-bond acceptors (Lipinski definition) is 5. The predicted octanol–water partition coefficient (Wildman–Crippen LogP) is 1.16. The third kappa shape index (κ3) is 6.68. The number of amides is 2. The smallest absolute Gasteiger partial charge is 0.241 e. The molecule has 1 aliphatic rings. The SMILES string of the molecule is COCCNC(=O)CN1CCN(C(C)C(=O)Nc2ccc(Br)cc2)CC1. The Balaban J connectivity index is 1.73. The van der Waals surface area contributed by atoms with Gasteiger partial charge in [0.25, 0.3) is 0 Å². The lowest BCUT2D eigenvalue weighted by atomic mass is 10.2. The van der Waals surface area contributed by atoms with Crippen LogP contribution in [0.5, 0.6) is 0 Å². The number of ether oxygens (including phenoxy) is 1. The molecule has 1 aliphatic heterocycles. The van der Waals surface area contributed by atoms with E-state index in [0.717, 1.165) is 36.3 Å². The van der Waals surface area contributed by atoms with Crippen molar-refractivity contribution < 1.29 is 14.3 Å². The standard InChI is InChI=1S/C18H27BrN4O3/c1-14(18(25)21-16-5-3-15(19)4-6-16)23-10-8-22(9-11-23)13-17(24)20-7-12-26-2/h3-6,14H,7-13H2,1-2H3,(H,20,24)(H,21,25). The molecular formula is C18H27BrN4O3. The van der Waals surface area contributed by atoms with Crippen LogP contribution in [0.3, 0.4) is 0 Å². The summed E-state index contributed by atoms with van der Waals surface area (Å²) in [4.78, 5) is 28.6. The van der Waals surface area contributed by atoms with Gasteiger partial charge < -0.3 is 15.4 Å². The van der Waals surface area contributed by atoms with Gasteiger partial charge >= 0.3 is 0 Å². The summed E-state index contributed by atoms with van der Waals surface area (Å²) in [5.41, 5.74) is 0.788. The first kappa shape index (κ1) is 20.8. The predicted molar refractivity (Wildman–Crippen MR) is 105 cm³/mol. The van der Waals surface area contributed by atoms with Crippen molar-refractivity contribution in [3.05, 3.63) is 28.7 Å². The topological polar surface area (TPSA) is 73.9 Å². The van der Waals surface area contributed by atoms with E-state index in [4.69, 9.17) is 4.74 Å². The van der Waals surface area contributed by atoms with Crippen LogP contribution in [-0.4, -0.2) is 80.6 Å². The molecule has 0 aliphatic carbocycles. The second-order valence-electron chi connectivity index (χ2n) is 6.33. The zero-order valence-electron chi connectivity index (χ0n) is 15.3. The Bertz CT molecular complexity index is 589. The number of halogens is 1. The Kier molecular flexibility index (Phi) is 8.50. The molecule has 1 atom stereocenters. The average Bonchev–Trinajstić information content (AvgIpc) is 2.64. The summed E-state index contributed by atoms with van der Waals surface area (Å²) >= 11 is 3.38. The van der Waals surface area contributed by atoms with Crippen molar-refractivity contribution in [2.75, 3.05) is 58.3 Å². The summed E-state index contributed by atoms with van der Waals surface area (Å²) in [5.74, 6) is -0.00499. The van der Waals surface area contributed by atoms with Crippen LogP contribution in [0.2, 0.25) is 0 Å². The number of methoxy groups -OCH3 is 1. The molecule has 2 amide bonds. The first-order valence-corrected chi connectivity index (χ1v) is 9.57. The summed E-state index contributed by atoms with van der Waals surface area (Å²) in [6, 6.07) is 7.33. The molecule has 0 saturated carbocycles. The fourth-order valence-electron chi connectivity index (χ4n) is 2.81. The van der Waals surface area contributed by atoms with Gasteiger partial charge in [-0.05, 0) is 31.2 Å². The highest BCUT2D eigenvalue weighted by Gasteiger charge is 2.26. The number of nitrogens with zero attached hydrogens (tertiary/aromatic N) is 2. The van der Waals surface area contributed by atoms with Crippen LogP contribution in [0, 0.1) is 0 Å². The maximum Gasteiger partial charge on any atom is 0.241 e. The Labute approximate surface area is 163 Å². The van der Waals surface area contributed by atoms with Crippen LogP contribution in [0.1, 0.15) is 6.92 Å². The largest absolute Gasteiger partial charge is 0.383 e. The van der Waals surface area contributed by atoms with Crippen molar-refractivity contribution in [3.8, 4) is 0 Å². The monoisotopic (exact) mass is 426 g/mol. The molecule has 8 heteroatoms. The van der Waals surface area contributed by atoms with E-state index < -0.39 is 0 Å². The maximum absolute atomic E-state index is 12.4. The first-order valence-electron chi connectivity index (χ1n) is 8.78. The first-order chi connectivity index (χ1) is 12.5. The second kappa shape index (κ2) is 10.6. The fourth-order valence-corrected chi connectivity index (χ4v) is 3.07. The van der Waals surface area contributed by atoms with Crippen LogP contribution in [0.25, 0.3) is 0 Å². The van der Waals surface area contributed by atoms with Gasteiger partial charge in [0.2, 0.25) is 11.8 Å². The third-order valence-electron chi connectivity index (χ3n) is 4.44. The van der Waals surface area contributed by atoms with Gasteiger partial charge in [-0.1, -0.05) is 15.9 Å². The molecule has 1 saturated heterocycles. The second-order valence-corrected chi connectivity index (χ2v) is 7.24. The van der Waals surface area contributed by atoms with E-state index in [9.17, 15) is 9.59 Å². The molecule has 1 aromatic carbocycles. The number of hydrogen-bond donors (Lipinski definition) is 2. The van der Waals surface area contributed by atoms with E-state index in [2.05, 4.69) is 36.4 Å². The number of nitrogens with one attached hydrogen (secondary N) is 2. The minimum absolute atomic E-state index is 0.0107. The van der Waals surface area contributed by atoms with Crippen LogP contribution in [0.15, 0.2) is 28.7 Å². The molecule has 1 heterocycles. The van der Waals surface area contributed by atoms with Crippen molar-refractivity contribution in [3.63, 3.8) is 0 Å². The van der Waals surface area contributed by atoms with Gasteiger partial charge in [-0.25, -0.2) is 0 Å². The van der Waals surface area contributed by atoms with Gasteiger partial charge in [-0.3, -0.25) is 19.4 Å². The molecule has 7 nitrogen and oxygen atoms in total. The van der Waals surface area contributed by atoms with E-state index in [1.54, 1.807) is 7.11 Å². The van der Waals surface area contributed by atoms with Crippen molar-refractivity contribution in [2.24, 2.45) is 0 Å². The number of piperazine rings is 1. The van der Waals surface area contributed by atoms with E-state index in [1.165, 1.54) is 0 Å². The molecule has 1 aromatic rings. The summed E-state index contributed by atoms with van der Waals surface area (Å²) < 4.78 is 5.90. The van der Waals surface area contributed by atoms with Gasteiger partial charge in [0, 0.05) is 50.0 Å². The Hall–Kier alpha value is -1.48. The molecule has 1 fully saturated rings.